The molecule has 1 atom stereocenters. The number of nitrogens with one attached hydrogen (secondary N) is 1. The van der Waals surface area contributed by atoms with Crippen molar-refractivity contribution in [2.75, 3.05) is 5.32 Å². The number of benzene rings is 2. The van der Waals surface area contributed by atoms with E-state index in [4.69, 9.17) is 9.26 Å². The zero-order valence-electron chi connectivity index (χ0n) is 15.4. The van der Waals surface area contributed by atoms with Crippen molar-refractivity contribution >= 4 is 17.6 Å². The maximum absolute atomic E-state index is 12.5. The van der Waals surface area contributed by atoms with E-state index in [1.807, 2.05) is 54.6 Å². The van der Waals surface area contributed by atoms with Crippen LogP contribution >= 0.6 is 0 Å². The second kappa shape index (κ2) is 7.86. The number of hydrogen-bond donors (Lipinski definition) is 1. The summed E-state index contributed by atoms with van der Waals surface area (Å²) in [6, 6.07) is 17.2. The molecule has 0 saturated carbocycles. The summed E-state index contributed by atoms with van der Waals surface area (Å²) in [6.45, 7) is 4.79. The number of para-hydroxylation sites is 1. The predicted molar refractivity (Wildman–Crippen MR) is 101 cm³/mol. The number of hydrogen-bond acceptors (Lipinski definition) is 5. The number of aryl methyl sites for hydroxylation is 2. The zero-order valence-corrected chi connectivity index (χ0v) is 15.4. The Morgan fingerprint density at radius 3 is 2.37 bits per heavy atom. The molecule has 1 amide bonds. The van der Waals surface area contributed by atoms with Crippen molar-refractivity contribution in [3.8, 4) is 11.1 Å². The number of carbonyl (C=O) groups excluding carboxylic acids is 2. The van der Waals surface area contributed by atoms with E-state index in [-0.39, 0.29) is 5.56 Å². The lowest BCUT2D eigenvalue weighted by molar-refractivity contribution is -0.123. The van der Waals surface area contributed by atoms with E-state index in [1.165, 1.54) is 6.92 Å². The van der Waals surface area contributed by atoms with Gasteiger partial charge in [0, 0.05) is 11.3 Å². The molecule has 6 heteroatoms. The van der Waals surface area contributed by atoms with Crippen molar-refractivity contribution in [3.05, 3.63) is 71.6 Å². The van der Waals surface area contributed by atoms with Crippen LogP contribution in [0.25, 0.3) is 11.1 Å². The van der Waals surface area contributed by atoms with Crippen LogP contribution in [-0.4, -0.2) is 23.1 Å². The van der Waals surface area contributed by atoms with Crippen molar-refractivity contribution in [2.24, 2.45) is 0 Å². The molecule has 0 aliphatic carbocycles. The van der Waals surface area contributed by atoms with Crippen LogP contribution in [0.5, 0.6) is 0 Å². The van der Waals surface area contributed by atoms with Gasteiger partial charge in [-0.3, -0.25) is 4.79 Å². The van der Waals surface area contributed by atoms with E-state index >= 15 is 0 Å². The molecule has 138 valence electrons. The topological polar surface area (TPSA) is 81.4 Å². The van der Waals surface area contributed by atoms with E-state index in [0.717, 1.165) is 11.1 Å². The SMILES string of the molecule is Cc1noc(C)c1C(=O)O[C@H](C)C(=O)Nc1ccccc1-c1ccccc1. The Bertz CT molecular complexity index is 944. The van der Waals surface area contributed by atoms with Crippen LogP contribution in [0.15, 0.2) is 59.1 Å². The van der Waals surface area contributed by atoms with Gasteiger partial charge in [-0.2, -0.15) is 0 Å². The van der Waals surface area contributed by atoms with E-state index in [0.29, 0.717) is 17.1 Å². The molecule has 1 heterocycles. The third kappa shape index (κ3) is 4.06. The van der Waals surface area contributed by atoms with Gasteiger partial charge in [0.2, 0.25) is 0 Å². The highest BCUT2D eigenvalue weighted by atomic mass is 16.5. The number of carbonyl (C=O) groups is 2. The molecular formula is C21H20N2O4. The van der Waals surface area contributed by atoms with E-state index in [1.54, 1.807) is 13.8 Å². The fourth-order valence-electron chi connectivity index (χ4n) is 2.74. The lowest BCUT2D eigenvalue weighted by Gasteiger charge is -2.15. The molecule has 0 saturated heterocycles. The van der Waals surface area contributed by atoms with Crippen molar-refractivity contribution < 1.29 is 18.8 Å². The van der Waals surface area contributed by atoms with Gasteiger partial charge in [-0.1, -0.05) is 53.7 Å². The molecule has 1 N–H and O–H groups in total. The van der Waals surface area contributed by atoms with Crippen LogP contribution in [0.1, 0.15) is 28.7 Å². The van der Waals surface area contributed by atoms with Crippen LogP contribution < -0.4 is 5.32 Å². The monoisotopic (exact) mass is 364 g/mol. The van der Waals surface area contributed by atoms with Crippen LogP contribution in [0.3, 0.4) is 0 Å². The minimum Gasteiger partial charge on any atom is -0.449 e. The van der Waals surface area contributed by atoms with Crippen LogP contribution in [0.2, 0.25) is 0 Å². The summed E-state index contributed by atoms with van der Waals surface area (Å²) in [6.07, 6.45) is -0.977. The largest absolute Gasteiger partial charge is 0.449 e. The fourth-order valence-corrected chi connectivity index (χ4v) is 2.74. The average molecular weight is 364 g/mol. The van der Waals surface area contributed by atoms with E-state index in [2.05, 4.69) is 10.5 Å². The molecular weight excluding hydrogens is 344 g/mol. The summed E-state index contributed by atoms with van der Waals surface area (Å²) in [5, 5.41) is 6.56. The quantitative estimate of drug-likeness (QED) is 0.688. The Balaban J connectivity index is 1.73. The lowest BCUT2D eigenvalue weighted by atomic mass is 10.0. The molecule has 0 radical (unpaired) electrons. The van der Waals surface area contributed by atoms with Crippen molar-refractivity contribution in [1.29, 1.82) is 0 Å². The average Bonchev–Trinajstić information content (AvgIpc) is 3.01. The smallest absolute Gasteiger partial charge is 0.344 e. The number of ether oxygens (including phenoxy) is 1. The third-order valence-electron chi connectivity index (χ3n) is 4.16. The van der Waals surface area contributed by atoms with Gasteiger partial charge in [-0.05, 0) is 32.4 Å². The van der Waals surface area contributed by atoms with Gasteiger partial charge in [0.05, 0.1) is 5.69 Å². The number of rotatable bonds is 5. The third-order valence-corrected chi connectivity index (χ3v) is 4.16. The molecule has 2 aromatic carbocycles. The minimum absolute atomic E-state index is 0.249. The maximum Gasteiger partial charge on any atom is 0.344 e. The highest BCUT2D eigenvalue weighted by Gasteiger charge is 2.24. The zero-order chi connectivity index (χ0) is 19.4. The number of amides is 1. The van der Waals surface area contributed by atoms with Gasteiger partial charge in [0.25, 0.3) is 5.91 Å². The Kier molecular flexibility index (Phi) is 5.35. The molecule has 6 nitrogen and oxygen atoms in total. The standard InChI is InChI=1S/C21H20N2O4/c1-13-19(14(2)27-23-13)21(25)26-15(3)20(24)22-18-12-8-7-11-17(18)16-9-5-4-6-10-16/h4-12,15H,1-3H3,(H,22,24)/t15-/m1/s1. The van der Waals surface area contributed by atoms with Gasteiger partial charge in [-0.15, -0.1) is 0 Å². The van der Waals surface area contributed by atoms with Gasteiger partial charge >= 0.3 is 5.97 Å². The Morgan fingerprint density at radius 2 is 1.70 bits per heavy atom. The molecule has 1 aromatic heterocycles. The van der Waals surface area contributed by atoms with E-state index in [9.17, 15) is 9.59 Å². The summed E-state index contributed by atoms with van der Waals surface area (Å²) in [5.41, 5.74) is 3.19. The minimum atomic E-state index is -0.977. The highest BCUT2D eigenvalue weighted by Crippen LogP contribution is 2.27. The highest BCUT2D eigenvalue weighted by molar-refractivity contribution is 6.00. The second-order valence-corrected chi connectivity index (χ2v) is 6.15. The normalized spacial score (nSPS) is 11.7. The van der Waals surface area contributed by atoms with Crippen LogP contribution in [0.4, 0.5) is 5.69 Å². The molecule has 0 aliphatic rings. The molecule has 3 rings (SSSR count). The van der Waals surface area contributed by atoms with Crippen molar-refractivity contribution in [1.82, 2.24) is 5.16 Å². The summed E-state index contributed by atoms with van der Waals surface area (Å²) in [5.74, 6) is -0.691. The van der Waals surface area contributed by atoms with Gasteiger partial charge in [0.1, 0.15) is 11.3 Å². The molecule has 0 fully saturated rings. The summed E-state index contributed by atoms with van der Waals surface area (Å²) >= 11 is 0. The summed E-state index contributed by atoms with van der Waals surface area (Å²) < 4.78 is 10.3. The van der Waals surface area contributed by atoms with Crippen LogP contribution in [-0.2, 0) is 9.53 Å². The number of aromatic nitrogens is 1. The summed E-state index contributed by atoms with van der Waals surface area (Å²) in [4.78, 5) is 24.8. The Hall–Kier alpha value is -3.41. The van der Waals surface area contributed by atoms with Crippen molar-refractivity contribution in [2.45, 2.75) is 26.9 Å². The number of anilines is 1. The first-order valence-electron chi connectivity index (χ1n) is 8.56. The Labute approximate surface area is 157 Å². The second-order valence-electron chi connectivity index (χ2n) is 6.15. The molecule has 0 aliphatic heterocycles. The van der Waals surface area contributed by atoms with Gasteiger partial charge in [0.15, 0.2) is 6.10 Å². The van der Waals surface area contributed by atoms with E-state index < -0.39 is 18.0 Å². The molecule has 27 heavy (non-hydrogen) atoms. The van der Waals surface area contributed by atoms with Gasteiger partial charge in [-0.25, -0.2) is 4.79 Å². The maximum atomic E-state index is 12.5. The fraction of sp³-hybridized carbons (Fsp3) is 0.190. The van der Waals surface area contributed by atoms with Crippen LogP contribution in [0, 0.1) is 13.8 Å². The first-order chi connectivity index (χ1) is 13.0. The molecule has 3 aromatic rings. The number of nitrogens with zero attached hydrogens (tertiary/aromatic N) is 1. The molecule has 0 bridgehead atoms. The first kappa shape index (κ1) is 18.4. The Morgan fingerprint density at radius 1 is 1.04 bits per heavy atom. The first-order valence-corrected chi connectivity index (χ1v) is 8.56. The summed E-state index contributed by atoms with van der Waals surface area (Å²) in [7, 11) is 0. The lowest BCUT2D eigenvalue weighted by Crippen LogP contribution is -2.30. The predicted octanol–water partition coefficient (Wildman–Crippen LogP) is 4.14. The molecule has 0 unspecified atom stereocenters. The van der Waals surface area contributed by atoms with Gasteiger partial charge < -0.3 is 14.6 Å². The molecule has 0 spiro atoms. The number of esters is 1. The van der Waals surface area contributed by atoms with Crippen molar-refractivity contribution in [3.63, 3.8) is 0 Å².